The number of hydrogen-bond acceptors (Lipinski definition) is 4. The predicted molar refractivity (Wildman–Crippen MR) is 114 cm³/mol. The van der Waals surface area contributed by atoms with E-state index in [2.05, 4.69) is 12.2 Å². The van der Waals surface area contributed by atoms with E-state index in [-0.39, 0.29) is 23.3 Å². The molecule has 6 nitrogen and oxygen atoms in total. The molecule has 7 heteroatoms. The molecule has 0 aromatic heterocycles. The minimum atomic E-state index is -3.64. The second kappa shape index (κ2) is 9.41. The Balaban J connectivity index is 1.67. The molecule has 1 aliphatic rings. The van der Waals surface area contributed by atoms with E-state index in [1.807, 2.05) is 31.2 Å². The number of anilines is 1. The summed E-state index contributed by atoms with van der Waals surface area (Å²) < 4.78 is 32.8. The molecule has 1 amide bonds. The Labute approximate surface area is 172 Å². The van der Waals surface area contributed by atoms with Crippen LogP contribution in [0.2, 0.25) is 0 Å². The molecule has 0 unspecified atom stereocenters. The maximum atomic E-state index is 13.0. The molecule has 2 aromatic carbocycles. The lowest BCUT2D eigenvalue weighted by molar-refractivity contribution is -0.120. The third-order valence-corrected chi connectivity index (χ3v) is 7.04. The standard InChI is InChI=1S/C22H28N2O4S/c1-3-17-7-9-19(10-8-17)23-22(25)18-6-5-15-24(16-18)29(26,27)21-13-11-20(12-14-21)28-4-2/h7-14,18H,3-6,15-16H2,1-2H3,(H,23,25)/t18-/m0/s1. The van der Waals surface area contributed by atoms with Crippen molar-refractivity contribution < 1.29 is 17.9 Å². The summed E-state index contributed by atoms with van der Waals surface area (Å²) in [5.74, 6) is 0.129. The number of amides is 1. The Morgan fingerprint density at radius 1 is 1.10 bits per heavy atom. The Morgan fingerprint density at radius 3 is 2.41 bits per heavy atom. The number of rotatable bonds is 7. The van der Waals surface area contributed by atoms with Gasteiger partial charge in [-0.25, -0.2) is 8.42 Å². The van der Waals surface area contributed by atoms with Gasteiger partial charge in [0.05, 0.1) is 17.4 Å². The molecule has 1 heterocycles. The number of hydrogen-bond donors (Lipinski definition) is 1. The molecule has 1 saturated heterocycles. The Morgan fingerprint density at radius 2 is 1.79 bits per heavy atom. The van der Waals surface area contributed by atoms with E-state index in [1.165, 1.54) is 9.87 Å². The molecule has 1 atom stereocenters. The van der Waals surface area contributed by atoms with Crippen LogP contribution in [0.3, 0.4) is 0 Å². The van der Waals surface area contributed by atoms with Crippen molar-refractivity contribution in [3.63, 3.8) is 0 Å². The Hall–Kier alpha value is -2.38. The smallest absolute Gasteiger partial charge is 0.243 e. The molecule has 29 heavy (non-hydrogen) atoms. The Kier molecular flexibility index (Phi) is 6.92. The molecule has 0 saturated carbocycles. The summed E-state index contributed by atoms with van der Waals surface area (Å²) >= 11 is 0. The van der Waals surface area contributed by atoms with Crippen molar-refractivity contribution in [3.8, 4) is 5.75 Å². The van der Waals surface area contributed by atoms with Gasteiger partial charge in [-0.1, -0.05) is 19.1 Å². The highest BCUT2D eigenvalue weighted by Gasteiger charge is 2.33. The highest BCUT2D eigenvalue weighted by atomic mass is 32.2. The molecule has 3 rings (SSSR count). The molecule has 1 fully saturated rings. The van der Waals surface area contributed by atoms with Crippen LogP contribution in [-0.2, 0) is 21.2 Å². The topological polar surface area (TPSA) is 75.7 Å². The number of ether oxygens (including phenoxy) is 1. The summed E-state index contributed by atoms with van der Waals surface area (Å²) in [5.41, 5.74) is 1.94. The van der Waals surface area contributed by atoms with Crippen molar-refractivity contribution in [2.75, 3.05) is 25.0 Å². The first kappa shape index (κ1) is 21.3. The van der Waals surface area contributed by atoms with Crippen LogP contribution in [0, 0.1) is 5.92 Å². The van der Waals surface area contributed by atoms with E-state index in [9.17, 15) is 13.2 Å². The van der Waals surface area contributed by atoms with Gasteiger partial charge in [-0.05, 0) is 68.1 Å². The van der Waals surface area contributed by atoms with Gasteiger partial charge in [0.1, 0.15) is 5.75 Å². The van der Waals surface area contributed by atoms with E-state index in [1.54, 1.807) is 24.3 Å². The molecule has 1 N–H and O–H groups in total. The van der Waals surface area contributed by atoms with Crippen molar-refractivity contribution in [1.29, 1.82) is 0 Å². The monoisotopic (exact) mass is 416 g/mol. The number of sulfonamides is 1. The summed E-state index contributed by atoms with van der Waals surface area (Å²) in [4.78, 5) is 12.9. The first-order valence-electron chi connectivity index (χ1n) is 10.1. The molecule has 0 aliphatic carbocycles. The summed E-state index contributed by atoms with van der Waals surface area (Å²) in [6, 6.07) is 14.2. The van der Waals surface area contributed by atoms with Crippen molar-refractivity contribution in [2.24, 2.45) is 5.92 Å². The van der Waals surface area contributed by atoms with Crippen LogP contribution in [0.1, 0.15) is 32.3 Å². The van der Waals surface area contributed by atoms with Gasteiger partial charge in [0.2, 0.25) is 15.9 Å². The van der Waals surface area contributed by atoms with E-state index < -0.39 is 10.0 Å². The average molecular weight is 417 g/mol. The van der Waals surface area contributed by atoms with Crippen LogP contribution in [0.25, 0.3) is 0 Å². The number of piperidine rings is 1. The van der Waals surface area contributed by atoms with Crippen molar-refractivity contribution in [1.82, 2.24) is 4.31 Å². The molecule has 0 bridgehead atoms. The highest BCUT2D eigenvalue weighted by molar-refractivity contribution is 7.89. The number of benzene rings is 2. The Bertz CT molecular complexity index is 924. The largest absolute Gasteiger partial charge is 0.494 e. The van der Waals surface area contributed by atoms with Crippen LogP contribution < -0.4 is 10.1 Å². The fraction of sp³-hybridized carbons (Fsp3) is 0.409. The number of carbonyl (C=O) groups excluding carboxylic acids is 1. The van der Waals surface area contributed by atoms with Gasteiger partial charge in [-0.2, -0.15) is 4.31 Å². The van der Waals surface area contributed by atoms with Crippen molar-refractivity contribution in [3.05, 3.63) is 54.1 Å². The zero-order chi connectivity index (χ0) is 20.9. The number of carbonyl (C=O) groups is 1. The molecule has 156 valence electrons. The SMILES string of the molecule is CCOc1ccc(S(=O)(=O)N2CCC[C@H](C(=O)Nc3ccc(CC)cc3)C2)cc1. The van der Waals surface area contributed by atoms with Gasteiger partial charge in [-0.3, -0.25) is 4.79 Å². The van der Waals surface area contributed by atoms with Gasteiger partial charge in [0.15, 0.2) is 0 Å². The first-order chi connectivity index (χ1) is 13.9. The molecule has 0 spiro atoms. The molecule has 1 aliphatic heterocycles. The first-order valence-corrected chi connectivity index (χ1v) is 11.5. The summed E-state index contributed by atoms with van der Waals surface area (Å²) in [6.45, 7) is 5.09. The highest BCUT2D eigenvalue weighted by Crippen LogP contribution is 2.26. The molecular weight excluding hydrogens is 388 g/mol. The average Bonchev–Trinajstić information content (AvgIpc) is 2.75. The van der Waals surface area contributed by atoms with Crippen LogP contribution in [0.15, 0.2) is 53.4 Å². The van der Waals surface area contributed by atoms with Gasteiger partial charge in [0, 0.05) is 18.8 Å². The van der Waals surface area contributed by atoms with E-state index in [0.29, 0.717) is 31.7 Å². The van der Waals surface area contributed by atoms with E-state index >= 15 is 0 Å². The zero-order valence-corrected chi connectivity index (χ0v) is 17.7. The number of nitrogens with zero attached hydrogens (tertiary/aromatic N) is 1. The van der Waals surface area contributed by atoms with Crippen molar-refractivity contribution in [2.45, 2.75) is 38.0 Å². The molecular formula is C22H28N2O4S. The van der Waals surface area contributed by atoms with Crippen LogP contribution in [-0.4, -0.2) is 38.3 Å². The van der Waals surface area contributed by atoms with Gasteiger partial charge in [-0.15, -0.1) is 0 Å². The van der Waals surface area contributed by atoms with Crippen molar-refractivity contribution >= 4 is 21.6 Å². The second-order valence-corrected chi connectivity index (χ2v) is 9.08. The third-order valence-electron chi connectivity index (χ3n) is 5.16. The second-order valence-electron chi connectivity index (χ2n) is 7.15. The predicted octanol–water partition coefficient (Wildman–Crippen LogP) is 3.69. The minimum absolute atomic E-state index is 0.138. The maximum absolute atomic E-state index is 13.0. The number of nitrogens with one attached hydrogen (secondary N) is 1. The summed E-state index contributed by atoms with van der Waals surface area (Å²) in [7, 11) is -3.64. The minimum Gasteiger partial charge on any atom is -0.494 e. The molecule has 2 aromatic rings. The molecule has 0 radical (unpaired) electrons. The lowest BCUT2D eigenvalue weighted by Gasteiger charge is -2.31. The number of aryl methyl sites for hydroxylation is 1. The normalized spacial score (nSPS) is 17.7. The van der Waals surface area contributed by atoms with E-state index in [4.69, 9.17) is 4.74 Å². The fourth-order valence-electron chi connectivity index (χ4n) is 3.47. The lowest BCUT2D eigenvalue weighted by Crippen LogP contribution is -2.43. The van der Waals surface area contributed by atoms with Crippen LogP contribution >= 0.6 is 0 Å². The van der Waals surface area contributed by atoms with Gasteiger partial charge < -0.3 is 10.1 Å². The van der Waals surface area contributed by atoms with Crippen LogP contribution in [0.5, 0.6) is 5.75 Å². The lowest BCUT2D eigenvalue weighted by atomic mass is 9.98. The fourth-order valence-corrected chi connectivity index (χ4v) is 4.99. The third kappa shape index (κ3) is 5.16. The summed E-state index contributed by atoms with van der Waals surface area (Å²) in [5, 5.41) is 2.92. The van der Waals surface area contributed by atoms with Crippen LogP contribution in [0.4, 0.5) is 5.69 Å². The maximum Gasteiger partial charge on any atom is 0.243 e. The summed E-state index contributed by atoms with van der Waals surface area (Å²) in [6.07, 6.45) is 2.27. The van der Waals surface area contributed by atoms with E-state index in [0.717, 1.165) is 12.1 Å². The zero-order valence-electron chi connectivity index (χ0n) is 16.9. The van der Waals surface area contributed by atoms with Gasteiger partial charge in [0.25, 0.3) is 0 Å². The van der Waals surface area contributed by atoms with Gasteiger partial charge >= 0.3 is 0 Å². The quantitative estimate of drug-likeness (QED) is 0.747.